The van der Waals surface area contributed by atoms with Gasteiger partial charge in [0.1, 0.15) is 5.56 Å². The van der Waals surface area contributed by atoms with Gasteiger partial charge in [0.2, 0.25) is 0 Å². The molecule has 1 aromatic heterocycles. The van der Waals surface area contributed by atoms with Crippen LogP contribution in [0.4, 0.5) is 0 Å². The van der Waals surface area contributed by atoms with Gasteiger partial charge in [-0.05, 0) is 26.3 Å². The Balaban J connectivity index is 2.21. The average molecular weight is 209 g/mol. The van der Waals surface area contributed by atoms with Crippen molar-refractivity contribution in [3.05, 3.63) is 17.5 Å². The van der Waals surface area contributed by atoms with E-state index in [1.807, 2.05) is 0 Å². The highest BCUT2D eigenvalue weighted by Gasteiger charge is 2.19. The van der Waals surface area contributed by atoms with E-state index in [-0.39, 0.29) is 0 Å². The summed E-state index contributed by atoms with van der Waals surface area (Å²) < 4.78 is 1.78. The third-order valence-corrected chi connectivity index (χ3v) is 2.79. The van der Waals surface area contributed by atoms with Gasteiger partial charge in [0.15, 0.2) is 0 Å². The standard InChI is InChI=1S/C10H15N3O2/c1-7-9(10(14)15)6-13(12-7)8-3-2-4-11-5-8/h6,8,11H,2-5H2,1H3,(H,14,15). The Morgan fingerprint density at radius 2 is 2.53 bits per heavy atom. The fourth-order valence-corrected chi connectivity index (χ4v) is 1.94. The third-order valence-electron chi connectivity index (χ3n) is 2.79. The van der Waals surface area contributed by atoms with E-state index in [9.17, 15) is 4.79 Å². The number of aryl methyl sites for hydroxylation is 1. The normalized spacial score (nSPS) is 21.5. The summed E-state index contributed by atoms with van der Waals surface area (Å²) in [4.78, 5) is 10.8. The molecule has 0 aliphatic carbocycles. The molecule has 0 saturated carbocycles. The van der Waals surface area contributed by atoms with Crippen molar-refractivity contribution < 1.29 is 9.90 Å². The third kappa shape index (κ3) is 2.02. The number of nitrogens with one attached hydrogen (secondary N) is 1. The topological polar surface area (TPSA) is 67.2 Å². The van der Waals surface area contributed by atoms with Crippen molar-refractivity contribution in [1.29, 1.82) is 0 Å². The van der Waals surface area contributed by atoms with Crippen LogP contribution in [0.2, 0.25) is 0 Å². The molecule has 0 aromatic carbocycles. The highest BCUT2D eigenvalue weighted by atomic mass is 16.4. The lowest BCUT2D eigenvalue weighted by Crippen LogP contribution is -2.31. The van der Waals surface area contributed by atoms with Gasteiger partial charge in [-0.15, -0.1) is 0 Å². The number of piperidine rings is 1. The molecule has 1 aliphatic rings. The van der Waals surface area contributed by atoms with Crippen molar-refractivity contribution in [3.63, 3.8) is 0 Å². The zero-order valence-corrected chi connectivity index (χ0v) is 8.73. The van der Waals surface area contributed by atoms with Crippen molar-refractivity contribution in [2.24, 2.45) is 0 Å². The van der Waals surface area contributed by atoms with E-state index in [1.165, 1.54) is 0 Å². The number of carbonyl (C=O) groups is 1. The predicted octanol–water partition coefficient (Wildman–Crippen LogP) is 0.814. The molecule has 0 radical (unpaired) electrons. The van der Waals surface area contributed by atoms with Crippen LogP contribution in [-0.2, 0) is 0 Å². The highest BCUT2D eigenvalue weighted by Crippen LogP contribution is 2.17. The number of aromatic nitrogens is 2. The van der Waals surface area contributed by atoms with E-state index in [0.29, 0.717) is 17.3 Å². The molecule has 2 N–H and O–H groups in total. The van der Waals surface area contributed by atoms with Gasteiger partial charge in [-0.3, -0.25) is 4.68 Å². The van der Waals surface area contributed by atoms with Gasteiger partial charge in [0.25, 0.3) is 0 Å². The van der Waals surface area contributed by atoms with E-state index in [4.69, 9.17) is 5.11 Å². The summed E-state index contributed by atoms with van der Waals surface area (Å²) in [6, 6.07) is 0.297. The molecule has 0 bridgehead atoms. The fourth-order valence-electron chi connectivity index (χ4n) is 1.94. The molecule has 1 aliphatic heterocycles. The quantitative estimate of drug-likeness (QED) is 0.756. The Labute approximate surface area is 88.1 Å². The van der Waals surface area contributed by atoms with Crippen molar-refractivity contribution in [1.82, 2.24) is 15.1 Å². The van der Waals surface area contributed by atoms with Gasteiger partial charge in [-0.2, -0.15) is 5.10 Å². The van der Waals surface area contributed by atoms with Crippen LogP contribution in [-0.4, -0.2) is 33.9 Å². The number of rotatable bonds is 2. The van der Waals surface area contributed by atoms with Crippen molar-refractivity contribution in [3.8, 4) is 0 Å². The Morgan fingerprint density at radius 3 is 3.07 bits per heavy atom. The first-order chi connectivity index (χ1) is 7.18. The zero-order valence-electron chi connectivity index (χ0n) is 8.73. The molecule has 2 rings (SSSR count). The summed E-state index contributed by atoms with van der Waals surface area (Å²) in [5.74, 6) is -0.900. The van der Waals surface area contributed by atoms with Gasteiger partial charge in [-0.1, -0.05) is 0 Å². The van der Waals surface area contributed by atoms with E-state index < -0.39 is 5.97 Å². The fraction of sp³-hybridized carbons (Fsp3) is 0.600. The van der Waals surface area contributed by atoms with Crippen LogP contribution in [0.25, 0.3) is 0 Å². The molecule has 2 heterocycles. The highest BCUT2D eigenvalue weighted by molar-refractivity contribution is 5.88. The zero-order chi connectivity index (χ0) is 10.8. The van der Waals surface area contributed by atoms with Crippen molar-refractivity contribution in [2.75, 3.05) is 13.1 Å². The Kier molecular flexibility index (Phi) is 2.73. The van der Waals surface area contributed by atoms with E-state index in [2.05, 4.69) is 10.4 Å². The molecule has 5 heteroatoms. The van der Waals surface area contributed by atoms with Gasteiger partial charge in [0, 0.05) is 12.7 Å². The molecule has 1 aromatic rings. The second-order valence-electron chi connectivity index (χ2n) is 3.91. The van der Waals surface area contributed by atoms with E-state index >= 15 is 0 Å². The molecule has 0 amide bonds. The van der Waals surface area contributed by atoms with Gasteiger partial charge >= 0.3 is 5.97 Å². The summed E-state index contributed by atoms with van der Waals surface area (Å²) in [7, 11) is 0. The summed E-state index contributed by atoms with van der Waals surface area (Å²) in [6.45, 7) is 3.65. The SMILES string of the molecule is Cc1nn(C2CCCNC2)cc1C(=O)O. The van der Waals surface area contributed by atoms with Crippen LogP contribution >= 0.6 is 0 Å². The van der Waals surface area contributed by atoms with Crippen LogP contribution in [0.5, 0.6) is 0 Å². The summed E-state index contributed by atoms with van der Waals surface area (Å²) in [5, 5.41) is 16.4. The number of carboxylic acid groups (broad SMARTS) is 1. The number of nitrogens with zero attached hydrogens (tertiary/aromatic N) is 2. The Morgan fingerprint density at radius 1 is 1.73 bits per heavy atom. The Hall–Kier alpha value is -1.36. The predicted molar refractivity (Wildman–Crippen MR) is 55.1 cm³/mol. The minimum atomic E-state index is -0.900. The molecular formula is C10H15N3O2. The minimum absolute atomic E-state index is 0.297. The molecule has 0 spiro atoms. The maximum absolute atomic E-state index is 10.8. The smallest absolute Gasteiger partial charge is 0.339 e. The van der Waals surface area contributed by atoms with Gasteiger partial charge in [-0.25, -0.2) is 4.79 Å². The first kappa shape index (κ1) is 10.2. The number of hydrogen-bond donors (Lipinski definition) is 2. The van der Waals surface area contributed by atoms with E-state index in [0.717, 1.165) is 25.9 Å². The molecule has 15 heavy (non-hydrogen) atoms. The molecule has 1 unspecified atom stereocenters. The largest absolute Gasteiger partial charge is 0.478 e. The van der Waals surface area contributed by atoms with Crippen molar-refractivity contribution in [2.45, 2.75) is 25.8 Å². The Bertz CT molecular complexity index is 367. The van der Waals surface area contributed by atoms with Crippen molar-refractivity contribution >= 4 is 5.97 Å². The number of hydrogen-bond acceptors (Lipinski definition) is 3. The summed E-state index contributed by atoms with van der Waals surface area (Å²) in [5.41, 5.74) is 0.897. The second-order valence-corrected chi connectivity index (χ2v) is 3.91. The molecule has 82 valence electrons. The minimum Gasteiger partial charge on any atom is -0.478 e. The lowest BCUT2D eigenvalue weighted by atomic mass is 10.1. The van der Waals surface area contributed by atoms with Crippen LogP contribution < -0.4 is 5.32 Å². The van der Waals surface area contributed by atoms with Crippen LogP contribution in [0, 0.1) is 6.92 Å². The first-order valence-corrected chi connectivity index (χ1v) is 5.18. The lowest BCUT2D eigenvalue weighted by molar-refractivity contribution is 0.0696. The molecule has 1 fully saturated rings. The van der Waals surface area contributed by atoms with Gasteiger partial charge in [0.05, 0.1) is 11.7 Å². The molecule has 1 atom stereocenters. The lowest BCUT2D eigenvalue weighted by Gasteiger charge is -2.22. The first-order valence-electron chi connectivity index (χ1n) is 5.18. The molecule has 5 nitrogen and oxygen atoms in total. The number of carboxylic acids is 1. The van der Waals surface area contributed by atoms with Gasteiger partial charge < -0.3 is 10.4 Å². The summed E-state index contributed by atoms with van der Waals surface area (Å²) in [6.07, 6.45) is 3.81. The van der Waals surface area contributed by atoms with Crippen LogP contribution in [0.3, 0.4) is 0 Å². The van der Waals surface area contributed by atoms with Crippen LogP contribution in [0.1, 0.15) is 34.9 Å². The average Bonchev–Trinajstić information content (AvgIpc) is 2.62. The monoisotopic (exact) mass is 209 g/mol. The van der Waals surface area contributed by atoms with Crippen LogP contribution in [0.15, 0.2) is 6.20 Å². The maximum atomic E-state index is 10.8. The summed E-state index contributed by atoms with van der Waals surface area (Å²) >= 11 is 0. The molecular weight excluding hydrogens is 194 g/mol. The van der Waals surface area contributed by atoms with E-state index in [1.54, 1.807) is 17.8 Å². The maximum Gasteiger partial charge on any atom is 0.339 e. The number of aromatic carboxylic acids is 1. The second kappa shape index (κ2) is 4.02. The molecule has 1 saturated heterocycles.